The molecule has 120 valence electrons. The Bertz CT molecular complexity index is 583. The predicted molar refractivity (Wildman–Crippen MR) is 102 cm³/mol. The molecular weight excluding hydrogens is 296 g/mol. The van der Waals surface area contributed by atoms with Gasteiger partial charge in [-0.1, -0.05) is 81.4 Å². The molecule has 0 spiro atoms. The summed E-state index contributed by atoms with van der Waals surface area (Å²) in [7, 11) is -1.72. The Morgan fingerprint density at radius 1 is 0.957 bits per heavy atom. The summed E-state index contributed by atoms with van der Waals surface area (Å²) in [6.45, 7) is 6.70. The van der Waals surface area contributed by atoms with Crippen LogP contribution in [0.4, 0.5) is 0 Å². The molecule has 0 aliphatic heterocycles. The van der Waals surface area contributed by atoms with E-state index in [4.69, 9.17) is 10.8 Å². The molecule has 0 bridgehead atoms. The molecule has 0 fully saturated rings. The van der Waals surface area contributed by atoms with Crippen molar-refractivity contribution in [3.05, 3.63) is 60.7 Å². The second-order valence-electron chi connectivity index (χ2n) is 6.93. The van der Waals surface area contributed by atoms with Crippen molar-refractivity contribution < 1.29 is 4.43 Å². The Kier molecular flexibility index (Phi) is 6.21. The first kappa shape index (κ1) is 17.5. The van der Waals surface area contributed by atoms with Crippen LogP contribution in [-0.2, 0) is 4.43 Å². The minimum Gasteiger partial charge on any atom is -0.407 e. The normalized spacial score (nSPS) is 12.8. The van der Waals surface area contributed by atoms with Gasteiger partial charge in [-0.3, -0.25) is 0 Å². The highest BCUT2D eigenvalue weighted by atomic mass is 28.3. The largest absolute Gasteiger partial charge is 0.407 e. The van der Waals surface area contributed by atoms with E-state index < -0.39 is 9.04 Å². The third kappa shape index (κ3) is 5.09. The SMILES string of the molecule is C#CCCC(O[SiH](c1ccccc1)c1ccccc1)C(C)(C)C. The Hall–Kier alpha value is -1.82. The summed E-state index contributed by atoms with van der Waals surface area (Å²) in [5, 5.41) is 2.63. The van der Waals surface area contributed by atoms with Crippen LogP contribution in [0.15, 0.2) is 60.7 Å². The maximum atomic E-state index is 6.73. The Balaban J connectivity index is 2.32. The lowest BCUT2D eigenvalue weighted by Gasteiger charge is -2.34. The predicted octanol–water partition coefficient (Wildman–Crippen LogP) is 3.37. The standard InChI is InChI=1S/C21H26OSi/c1-5-6-17-20(21(2,3)4)22-23(18-13-9-7-10-14-18)19-15-11-8-12-16-19/h1,7-16,20,23H,6,17H2,2-4H3. The highest BCUT2D eigenvalue weighted by Gasteiger charge is 2.29. The average molecular weight is 323 g/mol. The number of hydrogen-bond acceptors (Lipinski definition) is 1. The molecule has 23 heavy (non-hydrogen) atoms. The van der Waals surface area contributed by atoms with Crippen LogP contribution in [0.25, 0.3) is 0 Å². The van der Waals surface area contributed by atoms with Gasteiger partial charge in [-0.25, -0.2) is 0 Å². The van der Waals surface area contributed by atoms with Crippen molar-refractivity contribution in [1.29, 1.82) is 0 Å². The van der Waals surface area contributed by atoms with E-state index in [1.54, 1.807) is 0 Å². The third-order valence-electron chi connectivity index (χ3n) is 4.02. The van der Waals surface area contributed by atoms with Gasteiger partial charge in [0.1, 0.15) is 0 Å². The number of benzene rings is 2. The molecule has 0 saturated heterocycles. The maximum Gasteiger partial charge on any atom is 0.240 e. The van der Waals surface area contributed by atoms with Crippen LogP contribution in [0.2, 0.25) is 0 Å². The minimum atomic E-state index is -1.72. The van der Waals surface area contributed by atoms with Crippen LogP contribution in [0.1, 0.15) is 33.6 Å². The summed E-state index contributed by atoms with van der Waals surface area (Å²) < 4.78 is 6.73. The summed E-state index contributed by atoms with van der Waals surface area (Å²) in [5.74, 6) is 2.76. The van der Waals surface area contributed by atoms with Crippen molar-refractivity contribution in [3.8, 4) is 12.3 Å². The molecule has 2 aromatic carbocycles. The van der Waals surface area contributed by atoms with Gasteiger partial charge >= 0.3 is 0 Å². The van der Waals surface area contributed by atoms with Crippen molar-refractivity contribution in [2.24, 2.45) is 5.41 Å². The van der Waals surface area contributed by atoms with Crippen LogP contribution >= 0.6 is 0 Å². The first-order chi connectivity index (χ1) is 11.0. The van der Waals surface area contributed by atoms with E-state index in [1.807, 2.05) is 0 Å². The zero-order chi connectivity index (χ0) is 16.7. The van der Waals surface area contributed by atoms with E-state index in [9.17, 15) is 0 Å². The Morgan fingerprint density at radius 2 is 1.43 bits per heavy atom. The Morgan fingerprint density at radius 3 is 1.83 bits per heavy atom. The fourth-order valence-corrected chi connectivity index (χ4v) is 5.40. The third-order valence-corrected chi connectivity index (χ3v) is 6.60. The summed E-state index contributed by atoms with van der Waals surface area (Å²) in [4.78, 5) is 0. The van der Waals surface area contributed by atoms with Crippen molar-refractivity contribution >= 4 is 19.4 Å². The molecule has 0 saturated carbocycles. The summed E-state index contributed by atoms with van der Waals surface area (Å²) in [5.41, 5.74) is 0.0751. The number of rotatable bonds is 6. The van der Waals surface area contributed by atoms with Crippen LogP contribution in [-0.4, -0.2) is 15.1 Å². The minimum absolute atomic E-state index is 0.0751. The molecule has 0 heterocycles. The fraction of sp³-hybridized carbons (Fsp3) is 0.333. The molecule has 1 nitrogen and oxygen atoms in total. The van der Waals surface area contributed by atoms with Crippen molar-refractivity contribution in [3.63, 3.8) is 0 Å². The molecule has 0 aromatic heterocycles. The van der Waals surface area contributed by atoms with Gasteiger partial charge in [0.25, 0.3) is 0 Å². The van der Waals surface area contributed by atoms with Crippen LogP contribution in [0.3, 0.4) is 0 Å². The zero-order valence-corrected chi connectivity index (χ0v) is 15.5. The molecular formula is C21H26OSi. The molecule has 2 aromatic rings. The maximum absolute atomic E-state index is 6.73. The molecule has 2 heteroatoms. The van der Waals surface area contributed by atoms with E-state index in [2.05, 4.69) is 87.4 Å². The van der Waals surface area contributed by atoms with Crippen LogP contribution in [0, 0.1) is 17.8 Å². The van der Waals surface area contributed by atoms with Gasteiger partial charge in [-0.2, -0.15) is 0 Å². The van der Waals surface area contributed by atoms with Gasteiger partial charge in [-0.05, 0) is 22.2 Å². The molecule has 0 amide bonds. The first-order valence-corrected chi connectivity index (χ1v) is 9.84. The van der Waals surface area contributed by atoms with Crippen molar-refractivity contribution in [2.45, 2.75) is 39.7 Å². The number of hydrogen-bond donors (Lipinski definition) is 0. The van der Waals surface area contributed by atoms with Crippen LogP contribution < -0.4 is 10.4 Å². The van der Waals surface area contributed by atoms with Crippen LogP contribution in [0.5, 0.6) is 0 Å². The van der Waals surface area contributed by atoms with E-state index in [-0.39, 0.29) is 11.5 Å². The van der Waals surface area contributed by atoms with Gasteiger partial charge in [0.2, 0.25) is 9.04 Å². The lowest BCUT2D eigenvalue weighted by molar-refractivity contribution is 0.0828. The van der Waals surface area contributed by atoms with E-state index in [0.717, 1.165) is 12.8 Å². The first-order valence-electron chi connectivity index (χ1n) is 8.21. The molecule has 1 unspecified atom stereocenters. The van der Waals surface area contributed by atoms with E-state index in [0.29, 0.717) is 0 Å². The number of terminal acetylenes is 1. The summed E-state index contributed by atoms with van der Waals surface area (Å²) in [6, 6.07) is 21.2. The van der Waals surface area contributed by atoms with E-state index in [1.165, 1.54) is 10.4 Å². The molecule has 0 radical (unpaired) electrons. The topological polar surface area (TPSA) is 9.23 Å². The summed E-state index contributed by atoms with van der Waals surface area (Å²) in [6.07, 6.45) is 7.30. The molecule has 0 aliphatic carbocycles. The monoisotopic (exact) mass is 322 g/mol. The molecule has 1 atom stereocenters. The Labute approximate surface area is 142 Å². The summed E-state index contributed by atoms with van der Waals surface area (Å²) >= 11 is 0. The van der Waals surface area contributed by atoms with Crippen molar-refractivity contribution in [2.75, 3.05) is 0 Å². The smallest absolute Gasteiger partial charge is 0.240 e. The van der Waals surface area contributed by atoms with Gasteiger partial charge in [0, 0.05) is 6.42 Å². The molecule has 2 rings (SSSR count). The molecule has 0 N–H and O–H groups in total. The zero-order valence-electron chi connectivity index (χ0n) is 14.3. The van der Waals surface area contributed by atoms with Crippen molar-refractivity contribution in [1.82, 2.24) is 0 Å². The van der Waals surface area contributed by atoms with E-state index >= 15 is 0 Å². The lowest BCUT2D eigenvalue weighted by Crippen LogP contribution is -2.49. The fourth-order valence-electron chi connectivity index (χ4n) is 2.69. The highest BCUT2D eigenvalue weighted by Crippen LogP contribution is 2.26. The van der Waals surface area contributed by atoms with Gasteiger partial charge in [0.05, 0.1) is 6.10 Å². The quantitative estimate of drug-likeness (QED) is 0.585. The van der Waals surface area contributed by atoms with Gasteiger partial charge < -0.3 is 4.43 Å². The lowest BCUT2D eigenvalue weighted by atomic mass is 9.87. The average Bonchev–Trinajstić information content (AvgIpc) is 2.55. The second kappa shape index (κ2) is 8.15. The molecule has 0 aliphatic rings. The van der Waals surface area contributed by atoms with Gasteiger partial charge in [0.15, 0.2) is 0 Å². The second-order valence-corrected chi connectivity index (χ2v) is 9.30. The highest BCUT2D eigenvalue weighted by molar-refractivity contribution is 6.80. The van der Waals surface area contributed by atoms with Gasteiger partial charge in [-0.15, -0.1) is 12.3 Å².